The zero-order valence-corrected chi connectivity index (χ0v) is 18.4. The van der Waals surface area contributed by atoms with Gasteiger partial charge in [-0.3, -0.25) is 4.79 Å². The third-order valence-corrected chi connectivity index (χ3v) is 5.63. The second kappa shape index (κ2) is 10.4. The van der Waals surface area contributed by atoms with Crippen LogP contribution in [0.3, 0.4) is 0 Å². The molecule has 168 valence electrons. The summed E-state index contributed by atoms with van der Waals surface area (Å²) in [5.74, 6) is -0.691. The summed E-state index contributed by atoms with van der Waals surface area (Å²) >= 11 is 0. The van der Waals surface area contributed by atoms with Crippen LogP contribution in [0.1, 0.15) is 26.7 Å². The molecule has 11 heteroatoms. The fraction of sp³-hybridized carbons (Fsp3) is 0.526. The van der Waals surface area contributed by atoms with Crippen LogP contribution in [0.25, 0.3) is 0 Å². The van der Waals surface area contributed by atoms with Gasteiger partial charge in [0.1, 0.15) is 13.2 Å². The number of methoxy groups -OCH3 is 1. The first-order valence-corrected chi connectivity index (χ1v) is 10.9. The summed E-state index contributed by atoms with van der Waals surface area (Å²) in [4.78, 5) is 37.9. The van der Waals surface area contributed by atoms with Gasteiger partial charge in [-0.05, 0) is 26.7 Å². The highest BCUT2D eigenvalue weighted by atomic mass is 32.2. The minimum atomic E-state index is -4.29. The molecule has 2 amide bonds. The minimum Gasteiger partial charge on any atom is -0.469 e. The Bertz CT molecular complexity index is 811. The molecule has 0 fully saturated rings. The van der Waals surface area contributed by atoms with Gasteiger partial charge in [0.05, 0.1) is 24.8 Å². The number of nitrogens with zero attached hydrogens (tertiary/aromatic N) is 2. The first kappa shape index (κ1) is 25.4. The second-order valence-corrected chi connectivity index (χ2v) is 8.79. The summed E-state index contributed by atoms with van der Waals surface area (Å²) in [5.41, 5.74) is -0.610. The van der Waals surface area contributed by atoms with Gasteiger partial charge in [-0.15, -0.1) is 5.01 Å². The zero-order chi connectivity index (χ0) is 23.1. The number of hydrogen-bond acceptors (Lipinski definition) is 8. The number of sulfonamides is 1. The molecule has 0 heterocycles. The molecule has 0 saturated heterocycles. The van der Waals surface area contributed by atoms with Crippen LogP contribution < -0.4 is 0 Å². The second-order valence-electron chi connectivity index (χ2n) is 6.95. The molecule has 0 aromatic heterocycles. The first-order chi connectivity index (χ1) is 13.9. The summed E-state index contributed by atoms with van der Waals surface area (Å²) in [7, 11) is -3.11. The van der Waals surface area contributed by atoms with Crippen molar-refractivity contribution in [3.05, 3.63) is 37.0 Å². The van der Waals surface area contributed by atoms with E-state index in [2.05, 4.69) is 13.2 Å². The van der Waals surface area contributed by atoms with Gasteiger partial charge in [0, 0.05) is 0 Å². The molecule has 0 unspecified atom stereocenters. The first-order valence-electron chi connectivity index (χ1n) is 9.04. The smallest absolute Gasteiger partial charge is 0.435 e. The van der Waals surface area contributed by atoms with Crippen molar-refractivity contribution in [1.29, 1.82) is 0 Å². The number of ether oxygens (including phenoxy) is 3. The number of hydrazine groups is 1. The maximum Gasteiger partial charge on any atom is 0.435 e. The van der Waals surface area contributed by atoms with Crippen molar-refractivity contribution in [2.45, 2.75) is 32.7 Å². The monoisotopic (exact) mass is 444 g/mol. The molecule has 0 aromatic rings. The summed E-state index contributed by atoms with van der Waals surface area (Å²) in [6.45, 7) is 9.51. The van der Waals surface area contributed by atoms with E-state index < -0.39 is 39.6 Å². The molecule has 0 radical (unpaired) electrons. The van der Waals surface area contributed by atoms with Crippen molar-refractivity contribution in [2.24, 2.45) is 5.41 Å². The Morgan fingerprint density at radius 3 is 2.10 bits per heavy atom. The van der Waals surface area contributed by atoms with E-state index in [1.807, 2.05) is 0 Å². The molecule has 0 bridgehead atoms. The zero-order valence-electron chi connectivity index (χ0n) is 17.6. The fourth-order valence-electron chi connectivity index (χ4n) is 3.00. The lowest BCUT2D eigenvalue weighted by Crippen LogP contribution is -2.62. The Morgan fingerprint density at radius 1 is 1.20 bits per heavy atom. The molecule has 1 aliphatic carbocycles. The number of imide groups is 1. The topological polar surface area (TPSA) is 120 Å². The van der Waals surface area contributed by atoms with E-state index in [1.54, 1.807) is 6.92 Å². The highest BCUT2D eigenvalue weighted by Crippen LogP contribution is 2.41. The van der Waals surface area contributed by atoms with Crippen LogP contribution in [-0.2, 0) is 29.0 Å². The van der Waals surface area contributed by atoms with Gasteiger partial charge in [-0.1, -0.05) is 41.4 Å². The number of carbonyl (C=O) groups excluding carboxylic acids is 3. The van der Waals surface area contributed by atoms with E-state index in [0.29, 0.717) is 10.8 Å². The van der Waals surface area contributed by atoms with Crippen LogP contribution in [0.15, 0.2) is 37.0 Å². The predicted octanol–water partition coefficient (Wildman–Crippen LogP) is 2.40. The third kappa shape index (κ3) is 5.70. The van der Waals surface area contributed by atoms with Crippen LogP contribution in [0.2, 0.25) is 0 Å². The normalized spacial score (nSPS) is 21.2. The van der Waals surface area contributed by atoms with Crippen LogP contribution in [0.5, 0.6) is 0 Å². The average molecular weight is 445 g/mol. The van der Waals surface area contributed by atoms with E-state index >= 15 is 0 Å². The van der Waals surface area contributed by atoms with Crippen LogP contribution in [0, 0.1) is 5.41 Å². The number of carbonyl (C=O) groups is 3. The van der Waals surface area contributed by atoms with Crippen LogP contribution >= 0.6 is 0 Å². The Hall–Kier alpha value is -2.66. The van der Waals surface area contributed by atoms with Gasteiger partial charge in [0.15, 0.2) is 0 Å². The fourth-order valence-corrected chi connectivity index (χ4v) is 4.14. The van der Waals surface area contributed by atoms with E-state index in [4.69, 9.17) is 14.2 Å². The van der Waals surface area contributed by atoms with Crippen LogP contribution in [0.4, 0.5) is 9.59 Å². The molecule has 0 aliphatic heterocycles. The lowest BCUT2D eigenvalue weighted by Gasteiger charge is -2.44. The Kier molecular flexibility index (Phi) is 8.79. The quantitative estimate of drug-likeness (QED) is 0.242. The predicted molar refractivity (Wildman–Crippen MR) is 109 cm³/mol. The number of allylic oxidation sites excluding steroid dienone is 1. The standard InChI is InChI=1S/C19H28N2O8S/c1-7-11-28-17(23)20(18(24)29-12-8-2)21(30(6,25)26)15-13-14(3)9-10-19(15,4)16(22)27-5/h7-8,13,15H,1-2,9-12H2,3-6H3/t15-,19-/m1/s1. The summed E-state index contributed by atoms with van der Waals surface area (Å²) in [5, 5.41) is 0.225. The molecule has 0 saturated carbocycles. The highest BCUT2D eigenvalue weighted by molar-refractivity contribution is 7.88. The maximum absolute atomic E-state index is 12.8. The molecule has 30 heavy (non-hydrogen) atoms. The molecule has 0 aromatic carbocycles. The van der Waals surface area contributed by atoms with E-state index in [0.717, 1.165) is 11.8 Å². The molecule has 0 N–H and O–H groups in total. The molecular formula is C19H28N2O8S. The van der Waals surface area contributed by atoms with Crippen molar-refractivity contribution in [1.82, 2.24) is 9.42 Å². The van der Waals surface area contributed by atoms with Gasteiger partial charge in [0.2, 0.25) is 10.0 Å². The summed E-state index contributed by atoms with van der Waals surface area (Å²) in [6.07, 6.45) is 2.93. The highest BCUT2D eigenvalue weighted by Gasteiger charge is 2.53. The molecule has 1 aliphatic rings. The Labute approximate surface area is 176 Å². The molecule has 1 rings (SSSR count). The van der Waals surface area contributed by atoms with Gasteiger partial charge >= 0.3 is 18.2 Å². The number of amides is 2. The number of esters is 1. The molecule has 2 atom stereocenters. The van der Waals surface area contributed by atoms with Gasteiger partial charge in [0.25, 0.3) is 0 Å². The van der Waals surface area contributed by atoms with E-state index in [-0.39, 0.29) is 24.6 Å². The van der Waals surface area contributed by atoms with Crippen LogP contribution in [-0.4, -0.2) is 68.6 Å². The average Bonchev–Trinajstić information content (AvgIpc) is 2.68. The lowest BCUT2D eigenvalue weighted by molar-refractivity contribution is -0.156. The summed E-state index contributed by atoms with van der Waals surface area (Å²) in [6, 6.07) is -1.25. The minimum absolute atomic E-state index is 0.225. The number of rotatable bonds is 8. The largest absolute Gasteiger partial charge is 0.469 e. The molecular weight excluding hydrogens is 416 g/mol. The van der Waals surface area contributed by atoms with Gasteiger partial charge < -0.3 is 14.2 Å². The third-order valence-electron chi connectivity index (χ3n) is 4.56. The van der Waals surface area contributed by atoms with Crippen molar-refractivity contribution in [3.8, 4) is 0 Å². The molecule has 0 spiro atoms. The lowest BCUT2D eigenvalue weighted by atomic mass is 9.73. The SMILES string of the molecule is C=CCOC(=O)N(C(=O)OCC=C)N([C@@H]1C=C(C)CC[C@@]1(C)C(=O)OC)S(C)(=O)=O. The number of hydrogen-bond donors (Lipinski definition) is 0. The van der Waals surface area contributed by atoms with E-state index in [1.165, 1.54) is 32.3 Å². The maximum atomic E-state index is 12.8. The Balaban J connectivity index is 3.67. The molecule has 10 nitrogen and oxygen atoms in total. The van der Waals surface area contributed by atoms with Crippen molar-refractivity contribution >= 4 is 28.2 Å². The Morgan fingerprint density at radius 2 is 1.70 bits per heavy atom. The van der Waals surface area contributed by atoms with Crippen molar-refractivity contribution in [2.75, 3.05) is 26.6 Å². The summed E-state index contributed by atoms with van der Waals surface area (Å²) < 4.78 is 40.8. The van der Waals surface area contributed by atoms with Gasteiger partial charge in [-0.25, -0.2) is 18.0 Å². The van der Waals surface area contributed by atoms with E-state index in [9.17, 15) is 22.8 Å². The van der Waals surface area contributed by atoms with Crippen molar-refractivity contribution < 1.29 is 37.0 Å². The van der Waals surface area contributed by atoms with Crippen molar-refractivity contribution in [3.63, 3.8) is 0 Å². The van der Waals surface area contributed by atoms with Gasteiger partial charge in [-0.2, -0.15) is 0 Å².